The molecule has 0 radical (unpaired) electrons. The highest BCUT2D eigenvalue weighted by Crippen LogP contribution is 1.90. The first-order valence-electron chi connectivity index (χ1n) is 3.14. The van der Waals surface area contributed by atoms with E-state index >= 15 is 0 Å². The van der Waals surface area contributed by atoms with E-state index in [1.54, 1.807) is 0 Å². The third-order valence-electron chi connectivity index (χ3n) is 1.73. The van der Waals surface area contributed by atoms with Gasteiger partial charge >= 0.3 is 7.98 Å². The summed E-state index contributed by atoms with van der Waals surface area (Å²) in [5.41, 5.74) is 2.60. The van der Waals surface area contributed by atoms with Crippen molar-refractivity contribution in [1.82, 2.24) is 0 Å². The number of hydrogen-bond acceptors (Lipinski definition) is 0. The smallest absolute Gasteiger partial charge is 0.292 e. The quantitative estimate of drug-likeness (QED) is 0.424. The Labute approximate surface area is 56.8 Å². The van der Waals surface area contributed by atoms with Crippen LogP contribution in [0.2, 0.25) is 0 Å². The van der Waals surface area contributed by atoms with Crippen LogP contribution < -0.4 is 4.48 Å². The number of aryl methyl sites for hydroxylation is 2. The summed E-state index contributed by atoms with van der Waals surface area (Å²) >= 11 is 0. The van der Waals surface area contributed by atoms with E-state index in [-0.39, 0.29) is 0 Å². The first-order chi connectivity index (χ1) is 4.22. The zero-order chi connectivity index (χ0) is 6.85. The van der Waals surface area contributed by atoms with Gasteiger partial charge in [-0.15, -0.1) is 0 Å². The predicted molar refractivity (Wildman–Crippen MR) is 40.1 cm³/mol. The molecule has 2 heteroatoms. The van der Waals surface area contributed by atoms with Crippen LogP contribution in [-0.2, 0) is 0 Å². The molecule has 0 spiro atoms. The Morgan fingerprint density at radius 2 is 1.67 bits per heavy atom. The van der Waals surface area contributed by atoms with Crippen molar-refractivity contribution in [2.75, 3.05) is 0 Å². The van der Waals surface area contributed by atoms with Crippen molar-refractivity contribution >= 4 is 7.98 Å². The molecule has 1 aromatic heterocycles. The van der Waals surface area contributed by atoms with E-state index in [1.807, 2.05) is 0 Å². The molecule has 0 atom stereocenters. The second kappa shape index (κ2) is 2.22. The maximum atomic E-state index is 2.17. The van der Waals surface area contributed by atoms with Crippen LogP contribution in [0.25, 0.3) is 0 Å². The summed E-state index contributed by atoms with van der Waals surface area (Å²) in [5.74, 6) is 0. The third kappa shape index (κ3) is 1.12. The maximum absolute atomic E-state index is 2.17. The zero-order valence-corrected chi connectivity index (χ0v) is 6.18. The molecule has 1 aromatic rings. The summed E-state index contributed by atoms with van der Waals surface area (Å²) in [4.78, 5) is 0. The molecule has 0 aliphatic rings. The molecule has 0 saturated carbocycles. The Bertz CT molecular complexity index is 200. The van der Waals surface area contributed by atoms with Gasteiger partial charge < -0.3 is 0 Å². The number of nitrogens with zero attached hydrogens (tertiary/aromatic N) is 1. The van der Waals surface area contributed by atoms with Gasteiger partial charge in [-0.1, -0.05) is 6.07 Å². The van der Waals surface area contributed by atoms with Gasteiger partial charge in [0.1, 0.15) is 0 Å². The predicted octanol–water partition coefficient (Wildman–Crippen LogP) is -0.0129. The standard InChI is InChI=1S/C7H11BN/c1-6-4-3-5-7(2)9(6)8/h3-5H,8H2,1-2H3/q+1. The Balaban J connectivity index is 3.25. The average Bonchev–Trinajstić information content (AvgIpc) is 1.83. The summed E-state index contributed by atoms with van der Waals surface area (Å²) in [6, 6.07) is 6.28. The van der Waals surface area contributed by atoms with Gasteiger partial charge in [0, 0.05) is 26.0 Å². The van der Waals surface area contributed by atoms with E-state index in [2.05, 4.69) is 44.5 Å². The summed E-state index contributed by atoms with van der Waals surface area (Å²) < 4.78 is 2.17. The van der Waals surface area contributed by atoms with Gasteiger partial charge in [0.05, 0.1) is 0 Å². The normalized spacial score (nSPS) is 9.56. The molecule has 0 N–H and O–H groups in total. The lowest BCUT2D eigenvalue weighted by Crippen LogP contribution is -2.37. The number of rotatable bonds is 0. The van der Waals surface area contributed by atoms with Gasteiger partial charge in [0.25, 0.3) is 0 Å². The molecule has 0 aliphatic heterocycles. The monoisotopic (exact) mass is 120 g/mol. The fraction of sp³-hybridized carbons (Fsp3) is 0.286. The van der Waals surface area contributed by atoms with Crippen LogP contribution in [0, 0.1) is 13.8 Å². The second-order valence-electron chi connectivity index (χ2n) is 2.37. The van der Waals surface area contributed by atoms with Crippen LogP contribution in [0.15, 0.2) is 18.2 Å². The molecule has 9 heavy (non-hydrogen) atoms. The van der Waals surface area contributed by atoms with Crippen molar-refractivity contribution in [1.29, 1.82) is 0 Å². The Morgan fingerprint density at radius 3 is 2.00 bits per heavy atom. The highest BCUT2D eigenvalue weighted by molar-refractivity contribution is 5.95. The lowest BCUT2D eigenvalue weighted by molar-refractivity contribution is -0.537. The van der Waals surface area contributed by atoms with E-state index in [4.69, 9.17) is 0 Å². The molecule has 0 saturated heterocycles. The zero-order valence-electron chi connectivity index (χ0n) is 6.18. The molecule has 1 nitrogen and oxygen atoms in total. The number of hydrogen-bond donors (Lipinski definition) is 0. The van der Waals surface area contributed by atoms with Crippen LogP contribution in [0.3, 0.4) is 0 Å². The minimum absolute atomic E-state index is 1.30. The van der Waals surface area contributed by atoms with Crippen LogP contribution in [0.1, 0.15) is 11.4 Å². The van der Waals surface area contributed by atoms with E-state index in [1.165, 1.54) is 11.4 Å². The Kier molecular flexibility index (Phi) is 1.56. The highest BCUT2D eigenvalue weighted by atomic mass is 14.9. The molecule has 46 valence electrons. The van der Waals surface area contributed by atoms with Crippen molar-refractivity contribution in [2.45, 2.75) is 13.8 Å². The van der Waals surface area contributed by atoms with E-state index in [0.717, 1.165) is 0 Å². The first kappa shape index (κ1) is 6.34. The molecule has 0 fully saturated rings. The first-order valence-corrected chi connectivity index (χ1v) is 3.14. The van der Waals surface area contributed by atoms with Crippen LogP contribution in [0.5, 0.6) is 0 Å². The molecule has 0 aromatic carbocycles. The average molecular weight is 120 g/mol. The Hall–Kier alpha value is -0.785. The van der Waals surface area contributed by atoms with E-state index < -0.39 is 0 Å². The van der Waals surface area contributed by atoms with Gasteiger partial charge in [-0.05, 0) is 0 Å². The fourth-order valence-corrected chi connectivity index (χ4v) is 0.828. The Morgan fingerprint density at radius 1 is 1.22 bits per heavy atom. The molecule has 0 amide bonds. The van der Waals surface area contributed by atoms with Crippen molar-refractivity contribution in [3.8, 4) is 0 Å². The van der Waals surface area contributed by atoms with Crippen molar-refractivity contribution in [3.63, 3.8) is 0 Å². The van der Waals surface area contributed by atoms with Gasteiger partial charge in [-0.25, -0.2) is 0 Å². The summed E-state index contributed by atoms with van der Waals surface area (Å²) in [5, 5.41) is 0. The van der Waals surface area contributed by atoms with Crippen LogP contribution in [-0.4, -0.2) is 7.98 Å². The van der Waals surface area contributed by atoms with E-state index in [0.29, 0.717) is 0 Å². The maximum Gasteiger partial charge on any atom is 0.456 e. The minimum Gasteiger partial charge on any atom is -0.292 e. The molecule has 0 unspecified atom stereocenters. The fourth-order valence-electron chi connectivity index (χ4n) is 0.828. The molecule has 1 heterocycles. The summed E-state index contributed by atoms with van der Waals surface area (Å²) in [7, 11) is 2.07. The topological polar surface area (TPSA) is 3.88 Å². The van der Waals surface area contributed by atoms with Crippen LogP contribution >= 0.6 is 0 Å². The molecule has 1 rings (SSSR count). The SMILES string of the molecule is B[n+]1c(C)cccc1C. The largest absolute Gasteiger partial charge is 0.456 e. The number of aromatic nitrogens is 1. The van der Waals surface area contributed by atoms with E-state index in [9.17, 15) is 0 Å². The van der Waals surface area contributed by atoms with Crippen molar-refractivity contribution in [3.05, 3.63) is 29.6 Å². The summed E-state index contributed by atoms with van der Waals surface area (Å²) in [6.07, 6.45) is 0. The lowest BCUT2D eigenvalue weighted by atomic mass is 10.2. The molecule has 0 bridgehead atoms. The van der Waals surface area contributed by atoms with Crippen molar-refractivity contribution in [2.24, 2.45) is 0 Å². The highest BCUT2D eigenvalue weighted by Gasteiger charge is 1.99. The third-order valence-corrected chi connectivity index (χ3v) is 1.73. The second-order valence-corrected chi connectivity index (χ2v) is 2.37. The number of pyridine rings is 1. The van der Waals surface area contributed by atoms with Gasteiger partial charge in [0.2, 0.25) is 0 Å². The van der Waals surface area contributed by atoms with Gasteiger partial charge in [-0.2, -0.15) is 0 Å². The molecule has 0 aliphatic carbocycles. The molecular weight excluding hydrogens is 109 g/mol. The minimum atomic E-state index is 1.30. The van der Waals surface area contributed by atoms with Gasteiger partial charge in [-0.3, -0.25) is 4.48 Å². The van der Waals surface area contributed by atoms with Crippen LogP contribution in [0.4, 0.5) is 0 Å². The molecular formula is C7H11BN+. The summed E-state index contributed by atoms with van der Waals surface area (Å²) in [6.45, 7) is 4.21. The lowest BCUT2D eigenvalue weighted by Gasteiger charge is -1.95. The van der Waals surface area contributed by atoms with Gasteiger partial charge in [0.15, 0.2) is 11.4 Å². The van der Waals surface area contributed by atoms with Crippen molar-refractivity contribution < 1.29 is 4.48 Å².